The van der Waals surface area contributed by atoms with Crippen molar-refractivity contribution >= 4 is 11.9 Å². The molecular weight excluding hydrogens is 421 g/mol. The molecule has 166 valence electrons. The number of benzene rings is 3. The number of nitrogens with one attached hydrogen (secondary N) is 1. The fraction of sp³-hybridized carbons (Fsp3) is 0.154. The van der Waals surface area contributed by atoms with Gasteiger partial charge >= 0.3 is 6.03 Å². The molecule has 3 aromatic carbocycles. The maximum atomic E-state index is 13.4. The van der Waals surface area contributed by atoms with Crippen LogP contribution in [0.15, 0.2) is 90.1 Å². The average Bonchev–Trinajstić information content (AvgIpc) is 3.15. The molecule has 0 saturated carbocycles. The highest BCUT2D eigenvalue weighted by molar-refractivity contribution is 6.01. The minimum atomic E-state index is -0.589. The topological polar surface area (TPSA) is 61.9 Å². The van der Waals surface area contributed by atoms with E-state index in [9.17, 15) is 14.0 Å². The van der Waals surface area contributed by atoms with Crippen molar-refractivity contribution in [2.45, 2.75) is 12.6 Å². The molecular formula is C26H22FN3O3. The van der Waals surface area contributed by atoms with Gasteiger partial charge in [0.1, 0.15) is 17.3 Å². The summed E-state index contributed by atoms with van der Waals surface area (Å²) < 4.78 is 19.2. The molecule has 0 saturated heterocycles. The Morgan fingerprint density at radius 2 is 1.70 bits per heavy atom. The third kappa shape index (κ3) is 4.05. The van der Waals surface area contributed by atoms with Crippen LogP contribution in [-0.4, -0.2) is 35.3 Å². The lowest BCUT2D eigenvalue weighted by molar-refractivity contribution is -0.126. The van der Waals surface area contributed by atoms with Crippen molar-refractivity contribution in [3.05, 3.63) is 107 Å². The fourth-order valence-electron chi connectivity index (χ4n) is 4.19. The number of nitrogens with zero attached hydrogens (tertiary/aromatic N) is 2. The third-order valence-corrected chi connectivity index (χ3v) is 5.89. The van der Waals surface area contributed by atoms with E-state index in [4.69, 9.17) is 4.74 Å². The smallest absolute Gasteiger partial charge is 0.322 e. The van der Waals surface area contributed by atoms with Gasteiger partial charge in [-0.05, 0) is 47.5 Å². The van der Waals surface area contributed by atoms with E-state index in [0.717, 1.165) is 11.1 Å². The molecule has 0 aromatic heterocycles. The molecule has 0 spiro atoms. The summed E-state index contributed by atoms with van der Waals surface area (Å²) in [5.41, 5.74) is 2.79. The number of ether oxygens (including phenoxy) is 1. The highest BCUT2D eigenvalue weighted by Gasteiger charge is 2.42. The number of hydrogen-bond acceptors (Lipinski definition) is 3. The zero-order valence-corrected chi connectivity index (χ0v) is 18.0. The first kappa shape index (κ1) is 20.8. The van der Waals surface area contributed by atoms with Gasteiger partial charge in [-0.25, -0.2) is 9.18 Å². The number of likely N-dealkylation sites (N-methyl/N-ethyl adjacent to an activating group) is 1. The summed E-state index contributed by atoms with van der Waals surface area (Å²) in [6.45, 7) is 0.643. The normalized spacial score (nSPS) is 17.8. The molecule has 6 nitrogen and oxygen atoms in total. The summed E-state index contributed by atoms with van der Waals surface area (Å²) in [7, 11) is 1.66. The van der Waals surface area contributed by atoms with Crippen molar-refractivity contribution < 1.29 is 18.7 Å². The van der Waals surface area contributed by atoms with Crippen LogP contribution in [0.3, 0.4) is 0 Å². The Bertz CT molecular complexity index is 1240. The van der Waals surface area contributed by atoms with E-state index in [1.807, 2.05) is 54.6 Å². The van der Waals surface area contributed by atoms with Crippen LogP contribution in [0.1, 0.15) is 17.2 Å². The Balaban J connectivity index is 1.43. The van der Waals surface area contributed by atoms with Gasteiger partial charge in [0.2, 0.25) is 0 Å². The number of carbonyl (C=O) groups excluding carboxylic acids is 2. The maximum Gasteiger partial charge on any atom is 0.322 e. The lowest BCUT2D eigenvalue weighted by Crippen LogP contribution is -2.45. The first-order valence-electron chi connectivity index (χ1n) is 10.6. The molecule has 0 aliphatic carbocycles. The molecule has 2 heterocycles. The zero-order valence-electron chi connectivity index (χ0n) is 18.0. The quantitative estimate of drug-likeness (QED) is 0.627. The van der Waals surface area contributed by atoms with Gasteiger partial charge in [-0.15, -0.1) is 0 Å². The second-order valence-corrected chi connectivity index (χ2v) is 8.08. The monoisotopic (exact) mass is 443 g/mol. The van der Waals surface area contributed by atoms with E-state index in [1.165, 1.54) is 17.0 Å². The molecule has 0 bridgehead atoms. The largest absolute Gasteiger partial charge is 0.457 e. The predicted molar refractivity (Wildman–Crippen MR) is 121 cm³/mol. The number of urea groups is 1. The van der Waals surface area contributed by atoms with Gasteiger partial charge < -0.3 is 15.0 Å². The van der Waals surface area contributed by atoms with Crippen molar-refractivity contribution in [3.63, 3.8) is 0 Å². The van der Waals surface area contributed by atoms with Crippen LogP contribution in [0.2, 0.25) is 0 Å². The number of hydrogen-bond donors (Lipinski definition) is 1. The first-order valence-corrected chi connectivity index (χ1v) is 10.6. The summed E-state index contributed by atoms with van der Waals surface area (Å²) in [6.07, 6.45) is 0. The van der Waals surface area contributed by atoms with E-state index >= 15 is 0 Å². The molecule has 0 unspecified atom stereocenters. The number of amides is 3. The van der Waals surface area contributed by atoms with Crippen LogP contribution in [-0.2, 0) is 11.3 Å². The molecule has 2 aliphatic rings. The minimum absolute atomic E-state index is 0.152. The van der Waals surface area contributed by atoms with Crippen molar-refractivity contribution in [2.75, 3.05) is 13.6 Å². The SMILES string of the molecule is CN1C(=O)N[C@@H](c2cccc(Oc3ccccc3)c2)C2=C1CN(Cc1ccc(F)cc1)C2=O. The van der Waals surface area contributed by atoms with Crippen LogP contribution < -0.4 is 10.1 Å². The number of carbonyl (C=O) groups is 2. The summed E-state index contributed by atoms with van der Waals surface area (Å²) in [5, 5.41) is 2.94. The Morgan fingerprint density at radius 1 is 0.970 bits per heavy atom. The van der Waals surface area contributed by atoms with E-state index in [1.54, 1.807) is 24.1 Å². The van der Waals surface area contributed by atoms with Crippen molar-refractivity contribution in [1.82, 2.24) is 15.1 Å². The first-order chi connectivity index (χ1) is 16.0. The highest BCUT2D eigenvalue weighted by atomic mass is 19.1. The molecule has 1 atom stereocenters. The van der Waals surface area contributed by atoms with Crippen molar-refractivity contribution in [1.29, 1.82) is 0 Å². The van der Waals surface area contributed by atoms with Crippen molar-refractivity contribution in [2.24, 2.45) is 0 Å². The van der Waals surface area contributed by atoms with Crippen LogP contribution >= 0.6 is 0 Å². The van der Waals surface area contributed by atoms with Gasteiger partial charge in [0.15, 0.2) is 0 Å². The van der Waals surface area contributed by atoms with Crippen molar-refractivity contribution in [3.8, 4) is 11.5 Å². The molecule has 3 aromatic rings. The highest BCUT2D eigenvalue weighted by Crippen LogP contribution is 2.37. The molecule has 2 aliphatic heterocycles. The minimum Gasteiger partial charge on any atom is -0.457 e. The summed E-state index contributed by atoms with van der Waals surface area (Å²) >= 11 is 0. The molecule has 1 N–H and O–H groups in total. The number of rotatable bonds is 5. The predicted octanol–water partition coefficient (Wildman–Crippen LogP) is 4.61. The molecule has 5 rings (SSSR count). The average molecular weight is 443 g/mol. The molecule has 7 heteroatoms. The van der Waals surface area contributed by atoms with Gasteiger partial charge in [-0.3, -0.25) is 9.69 Å². The van der Waals surface area contributed by atoms with Gasteiger partial charge in [0, 0.05) is 13.6 Å². The number of para-hydroxylation sites is 1. The summed E-state index contributed by atoms with van der Waals surface area (Å²) in [5.74, 6) is 0.837. The van der Waals surface area contributed by atoms with E-state index in [0.29, 0.717) is 35.9 Å². The Hall–Kier alpha value is -4.13. The second kappa shape index (κ2) is 8.43. The van der Waals surface area contributed by atoms with E-state index in [-0.39, 0.29) is 17.8 Å². The lowest BCUT2D eigenvalue weighted by atomic mass is 9.95. The molecule has 33 heavy (non-hydrogen) atoms. The lowest BCUT2D eigenvalue weighted by Gasteiger charge is -2.31. The second-order valence-electron chi connectivity index (χ2n) is 8.08. The maximum absolute atomic E-state index is 13.4. The van der Waals surface area contributed by atoms with Gasteiger partial charge in [0.25, 0.3) is 5.91 Å². The zero-order chi connectivity index (χ0) is 22.9. The Labute approximate surface area is 190 Å². The van der Waals surface area contributed by atoms with Gasteiger partial charge in [-0.1, -0.05) is 42.5 Å². The van der Waals surface area contributed by atoms with Gasteiger partial charge in [0.05, 0.1) is 23.9 Å². The molecule has 0 radical (unpaired) electrons. The van der Waals surface area contributed by atoms with Gasteiger partial charge in [-0.2, -0.15) is 0 Å². The molecule has 3 amide bonds. The fourth-order valence-corrected chi connectivity index (χ4v) is 4.19. The van der Waals surface area contributed by atoms with E-state index < -0.39 is 6.04 Å². The van der Waals surface area contributed by atoms with E-state index in [2.05, 4.69) is 5.32 Å². The number of halogens is 1. The summed E-state index contributed by atoms with van der Waals surface area (Å²) in [6, 6.07) is 22.0. The summed E-state index contributed by atoms with van der Waals surface area (Å²) in [4.78, 5) is 29.2. The van der Waals surface area contributed by atoms with Crippen LogP contribution in [0.4, 0.5) is 9.18 Å². The Morgan fingerprint density at radius 3 is 2.45 bits per heavy atom. The third-order valence-electron chi connectivity index (χ3n) is 5.89. The van der Waals surface area contributed by atoms with Crippen LogP contribution in [0, 0.1) is 5.82 Å². The van der Waals surface area contributed by atoms with Crippen LogP contribution in [0.25, 0.3) is 0 Å². The standard InChI is InChI=1S/C26H22FN3O3/c1-29-22-16-30(15-17-10-12-19(27)13-11-17)25(31)23(22)24(28-26(29)32)18-6-5-9-21(14-18)33-20-7-3-2-4-8-20/h2-14,24H,15-16H2,1H3,(H,28,32)/t24-/m0/s1. The van der Waals surface area contributed by atoms with Crippen LogP contribution in [0.5, 0.6) is 11.5 Å². The Kier molecular flexibility index (Phi) is 5.30. The molecule has 0 fully saturated rings.